The minimum absolute atomic E-state index is 0.0762. The Balaban J connectivity index is 2.09. The Morgan fingerprint density at radius 1 is 1.24 bits per heavy atom. The van der Waals surface area contributed by atoms with Crippen molar-refractivity contribution in [2.24, 2.45) is 5.92 Å². The van der Waals surface area contributed by atoms with Crippen LogP contribution >= 0.6 is 23.2 Å². The van der Waals surface area contributed by atoms with Crippen molar-refractivity contribution in [3.8, 4) is 0 Å². The van der Waals surface area contributed by atoms with Crippen molar-refractivity contribution < 1.29 is 28.5 Å². The molecule has 0 bridgehead atoms. The lowest BCUT2D eigenvalue weighted by Gasteiger charge is -2.26. The number of likely N-dealkylation sites (N-methyl/N-ethyl adjacent to an activating group) is 1. The number of carbonyl (C=O) groups is 4. The number of amides is 2. The molecule has 2 atom stereocenters. The van der Waals surface area contributed by atoms with Gasteiger partial charge in [-0.3, -0.25) is 24.1 Å². The predicted molar refractivity (Wildman–Crippen MR) is 125 cm³/mol. The SMILES string of the molecule is CC(C)C[C@H](NC(=O)CNC(=O)c1cc(Cl)ccc1Cl)B1OC(=O)CCN(C)C(C)C(=O)O1. The first-order chi connectivity index (χ1) is 15.5. The average molecular weight is 500 g/mol. The van der Waals surface area contributed by atoms with Crippen LogP contribution in [0.3, 0.4) is 0 Å². The minimum atomic E-state index is -1.29. The Hall–Kier alpha value is -2.30. The summed E-state index contributed by atoms with van der Waals surface area (Å²) >= 11 is 11.9. The first-order valence-corrected chi connectivity index (χ1v) is 11.4. The lowest BCUT2D eigenvalue weighted by molar-refractivity contribution is -0.142. The van der Waals surface area contributed by atoms with Crippen LogP contribution in [-0.4, -0.2) is 67.9 Å². The highest BCUT2D eigenvalue weighted by molar-refractivity contribution is 6.51. The molecule has 1 heterocycles. The van der Waals surface area contributed by atoms with Crippen LogP contribution in [0, 0.1) is 5.92 Å². The molecule has 0 saturated carbocycles. The summed E-state index contributed by atoms with van der Waals surface area (Å²) < 4.78 is 10.8. The van der Waals surface area contributed by atoms with Gasteiger partial charge < -0.3 is 19.9 Å². The average Bonchev–Trinajstić information content (AvgIpc) is 2.79. The molecule has 0 radical (unpaired) electrons. The van der Waals surface area contributed by atoms with Crippen LogP contribution in [0.15, 0.2) is 18.2 Å². The highest BCUT2D eigenvalue weighted by atomic mass is 35.5. The Morgan fingerprint density at radius 2 is 1.94 bits per heavy atom. The molecule has 2 rings (SSSR count). The number of benzene rings is 1. The van der Waals surface area contributed by atoms with Gasteiger partial charge in [-0.25, -0.2) is 0 Å². The summed E-state index contributed by atoms with van der Waals surface area (Å²) in [5.74, 6) is -2.95. The highest BCUT2D eigenvalue weighted by Crippen LogP contribution is 2.20. The zero-order valence-electron chi connectivity index (χ0n) is 19.0. The van der Waals surface area contributed by atoms with Gasteiger partial charge in [0.15, 0.2) is 0 Å². The van der Waals surface area contributed by atoms with Crippen LogP contribution in [0.2, 0.25) is 10.0 Å². The van der Waals surface area contributed by atoms with E-state index >= 15 is 0 Å². The summed E-state index contributed by atoms with van der Waals surface area (Å²) in [6, 6.07) is 3.84. The molecule has 0 spiro atoms. The smallest absolute Gasteiger partial charge is 0.498 e. The Bertz CT molecular complexity index is 901. The molecule has 1 unspecified atom stereocenters. The molecule has 2 N–H and O–H groups in total. The quantitative estimate of drug-likeness (QED) is 0.552. The van der Waals surface area contributed by atoms with E-state index in [9.17, 15) is 19.2 Å². The third-order valence-electron chi connectivity index (χ3n) is 5.13. The largest absolute Gasteiger partial charge is 0.622 e. The molecule has 0 aromatic heterocycles. The van der Waals surface area contributed by atoms with Gasteiger partial charge in [0.1, 0.15) is 6.04 Å². The molecule has 1 aromatic rings. The molecule has 1 aromatic carbocycles. The zero-order chi connectivity index (χ0) is 24.7. The van der Waals surface area contributed by atoms with Crippen molar-refractivity contribution >= 4 is 54.1 Å². The molecule has 1 aliphatic rings. The van der Waals surface area contributed by atoms with Crippen LogP contribution in [0.25, 0.3) is 0 Å². The molecule has 0 aliphatic carbocycles. The molecule has 12 heteroatoms. The number of hydrogen-bond donors (Lipinski definition) is 2. The van der Waals surface area contributed by atoms with Crippen LogP contribution in [0.5, 0.6) is 0 Å². The first-order valence-electron chi connectivity index (χ1n) is 10.6. The number of hydrogen-bond acceptors (Lipinski definition) is 7. The van der Waals surface area contributed by atoms with E-state index in [1.54, 1.807) is 24.9 Å². The van der Waals surface area contributed by atoms with E-state index in [4.69, 9.17) is 32.5 Å². The maximum absolute atomic E-state index is 12.6. The van der Waals surface area contributed by atoms with Gasteiger partial charge in [-0.1, -0.05) is 37.0 Å². The van der Waals surface area contributed by atoms with E-state index in [0.29, 0.717) is 18.0 Å². The predicted octanol–water partition coefficient (Wildman–Crippen LogP) is 2.09. The number of halogens is 2. The second-order valence-electron chi connectivity index (χ2n) is 8.31. The van der Waals surface area contributed by atoms with Crippen LogP contribution < -0.4 is 10.6 Å². The van der Waals surface area contributed by atoms with E-state index in [2.05, 4.69) is 10.6 Å². The van der Waals surface area contributed by atoms with Crippen molar-refractivity contribution in [1.82, 2.24) is 15.5 Å². The minimum Gasteiger partial charge on any atom is -0.498 e. The Labute approximate surface area is 203 Å². The molecule has 1 saturated heterocycles. The third kappa shape index (κ3) is 8.21. The van der Waals surface area contributed by atoms with Crippen LogP contribution in [0.1, 0.15) is 44.0 Å². The summed E-state index contributed by atoms with van der Waals surface area (Å²) in [4.78, 5) is 51.4. The van der Waals surface area contributed by atoms with Gasteiger partial charge in [0.25, 0.3) is 11.9 Å². The first kappa shape index (κ1) is 27.0. The maximum Gasteiger partial charge on any atom is 0.622 e. The van der Waals surface area contributed by atoms with Crippen molar-refractivity contribution in [3.05, 3.63) is 33.8 Å². The van der Waals surface area contributed by atoms with Crippen LogP contribution in [0.4, 0.5) is 0 Å². The van der Waals surface area contributed by atoms with Gasteiger partial charge in [0.2, 0.25) is 5.91 Å². The zero-order valence-corrected chi connectivity index (χ0v) is 20.5. The lowest BCUT2D eigenvalue weighted by Crippen LogP contribution is -2.54. The van der Waals surface area contributed by atoms with Crippen molar-refractivity contribution in [2.45, 2.75) is 45.6 Å². The Morgan fingerprint density at radius 3 is 2.61 bits per heavy atom. The number of carbonyl (C=O) groups excluding carboxylic acids is 4. The Kier molecular flexibility index (Phi) is 10.0. The third-order valence-corrected chi connectivity index (χ3v) is 5.70. The summed E-state index contributed by atoms with van der Waals surface area (Å²) in [7, 11) is 0.422. The summed E-state index contributed by atoms with van der Waals surface area (Å²) in [6.45, 7) is 5.46. The van der Waals surface area contributed by atoms with Gasteiger partial charge in [-0.2, -0.15) is 0 Å². The van der Waals surface area contributed by atoms with Gasteiger partial charge >= 0.3 is 13.1 Å². The van der Waals surface area contributed by atoms with E-state index < -0.39 is 42.9 Å². The second kappa shape index (κ2) is 12.2. The van der Waals surface area contributed by atoms with E-state index in [-0.39, 0.29) is 29.5 Å². The fourth-order valence-electron chi connectivity index (χ4n) is 3.16. The molecule has 2 amide bonds. The van der Waals surface area contributed by atoms with E-state index in [1.165, 1.54) is 12.1 Å². The van der Waals surface area contributed by atoms with E-state index in [0.717, 1.165) is 0 Å². The fraction of sp³-hybridized carbons (Fsp3) is 0.524. The number of rotatable bonds is 7. The molecule has 1 fully saturated rings. The molecule has 9 nitrogen and oxygen atoms in total. The van der Waals surface area contributed by atoms with E-state index in [1.807, 2.05) is 13.8 Å². The van der Waals surface area contributed by atoms with Gasteiger partial charge in [0, 0.05) is 11.6 Å². The van der Waals surface area contributed by atoms with Crippen molar-refractivity contribution in [3.63, 3.8) is 0 Å². The molecule has 33 heavy (non-hydrogen) atoms. The van der Waals surface area contributed by atoms with Gasteiger partial charge in [-0.15, -0.1) is 0 Å². The van der Waals surface area contributed by atoms with Gasteiger partial charge in [-0.05, 0) is 44.5 Å². The topological polar surface area (TPSA) is 114 Å². The van der Waals surface area contributed by atoms with Crippen molar-refractivity contribution in [2.75, 3.05) is 20.1 Å². The molecular formula is C21H28BCl2N3O6. The second-order valence-corrected chi connectivity index (χ2v) is 9.16. The normalized spacial score (nSPS) is 18.5. The monoisotopic (exact) mass is 499 g/mol. The summed E-state index contributed by atoms with van der Waals surface area (Å²) in [5, 5.41) is 5.70. The van der Waals surface area contributed by atoms with Gasteiger partial charge in [0.05, 0.1) is 29.5 Å². The standard InChI is InChI=1S/C21H28BCl2N3O6/c1-12(2)9-17(22-32-19(29)7-8-27(4)13(3)21(31)33-22)26-18(28)11-25-20(30)15-10-14(23)5-6-16(15)24/h5-6,10,12-13,17H,7-9,11H2,1-4H3,(H,25,30)(H,26,28)/t13?,17-/m0/s1. The number of nitrogens with zero attached hydrogens (tertiary/aromatic N) is 1. The molecular weight excluding hydrogens is 472 g/mol. The van der Waals surface area contributed by atoms with Crippen LogP contribution in [-0.2, 0) is 23.7 Å². The number of nitrogens with one attached hydrogen (secondary N) is 2. The highest BCUT2D eigenvalue weighted by Gasteiger charge is 2.41. The maximum atomic E-state index is 12.6. The fourth-order valence-corrected chi connectivity index (χ4v) is 3.54. The van der Waals surface area contributed by atoms with Crippen molar-refractivity contribution in [1.29, 1.82) is 0 Å². The summed E-state index contributed by atoms with van der Waals surface area (Å²) in [6.07, 6.45) is 0.446. The molecule has 1 aliphatic heterocycles. The lowest BCUT2D eigenvalue weighted by atomic mass is 9.73. The molecule has 180 valence electrons. The summed E-state index contributed by atoms with van der Waals surface area (Å²) in [5.41, 5.74) is 0.132.